The fourth-order valence-corrected chi connectivity index (χ4v) is 4.54. The average Bonchev–Trinajstić information content (AvgIpc) is 3.14. The van der Waals surface area contributed by atoms with Crippen molar-refractivity contribution in [2.45, 2.75) is 64.5 Å². The highest BCUT2D eigenvalue weighted by molar-refractivity contribution is 5.86. The third-order valence-corrected chi connectivity index (χ3v) is 6.52. The van der Waals surface area contributed by atoms with Crippen LogP contribution >= 0.6 is 0 Å². The zero-order chi connectivity index (χ0) is 24.7. The zero-order valence-corrected chi connectivity index (χ0v) is 20.0. The number of carboxylic acids is 1. The molecule has 0 fully saturated rings. The van der Waals surface area contributed by atoms with Crippen LogP contribution in [0.2, 0.25) is 0 Å². The van der Waals surface area contributed by atoms with Crippen LogP contribution in [0, 0.1) is 5.92 Å². The van der Waals surface area contributed by atoms with Crippen molar-refractivity contribution in [3.05, 3.63) is 59.7 Å². The normalized spacial score (nSPS) is 14.9. The Kier molecular flexibility index (Phi) is 8.68. The first-order valence-corrected chi connectivity index (χ1v) is 12.0. The largest absolute Gasteiger partial charge is 0.481 e. The number of hydrogen-bond donors (Lipinski definition) is 3. The van der Waals surface area contributed by atoms with Gasteiger partial charge in [0.25, 0.3) is 0 Å². The number of amides is 2. The number of fused-ring (bicyclic) bond motifs is 3. The zero-order valence-electron chi connectivity index (χ0n) is 20.0. The van der Waals surface area contributed by atoms with Gasteiger partial charge in [-0.2, -0.15) is 0 Å². The molecule has 0 radical (unpaired) electrons. The Morgan fingerprint density at radius 3 is 2.09 bits per heavy atom. The molecule has 2 aromatic carbocycles. The SMILES string of the molecule is CCC[C@@H](CC(=O)O)NC(=O)C(NC(=O)OCC1c2ccccc2-c2ccccc21)C(C)CC. The van der Waals surface area contributed by atoms with E-state index in [4.69, 9.17) is 9.84 Å². The Balaban J connectivity index is 1.66. The predicted octanol–water partition coefficient (Wildman–Crippen LogP) is 4.70. The molecule has 1 aliphatic rings. The maximum absolute atomic E-state index is 13.0. The molecule has 182 valence electrons. The fraction of sp³-hybridized carbons (Fsp3) is 0.444. The van der Waals surface area contributed by atoms with Gasteiger partial charge < -0.3 is 20.5 Å². The molecule has 2 aromatic rings. The molecular weight excluding hydrogens is 432 g/mol. The Hall–Kier alpha value is -3.35. The molecule has 3 rings (SSSR count). The van der Waals surface area contributed by atoms with Gasteiger partial charge in [-0.05, 0) is 34.6 Å². The molecule has 0 bridgehead atoms. The molecule has 3 N–H and O–H groups in total. The summed E-state index contributed by atoms with van der Waals surface area (Å²) in [5.74, 6) is -1.57. The van der Waals surface area contributed by atoms with E-state index in [0.29, 0.717) is 12.8 Å². The number of rotatable bonds is 11. The van der Waals surface area contributed by atoms with Crippen LogP contribution in [0.5, 0.6) is 0 Å². The molecule has 34 heavy (non-hydrogen) atoms. The average molecular weight is 467 g/mol. The Bertz CT molecular complexity index is 976. The van der Waals surface area contributed by atoms with Crippen molar-refractivity contribution >= 4 is 18.0 Å². The van der Waals surface area contributed by atoms with Gasteiger partial charge in [0.2, 0.25) is 5.91 Å². The van der Waals surface area contributed by atoms with Crippen molar-refractivity contribution in [3.63, 3.8) is 0 Å². The van der Waals surface area contributed by atoms with E-state index in [-0.39, 0.29) is 30.8 Å². The van der Waals surface area contributed by atoms with Crippen molar-refractivity contribution in [2.24, 2.45) is 5.92 Å². The van der Waals surface area contributed by atoms with E-state index in [9.17, 15) is 14.4 Å². The van der Waals surface area contributed by atoms with E-state index < -0.39 is 24.1 Å². The van der Waals surface area contributed by atoms with Crippen LogP contribution in [-0.2, 0) is 14.3 Å². The summed E-state index contributed by atoms with van der Waals surface area (Å²) in [7, 11) is 0. The van der Waals surface area contributed by atoms with E-state index >= 15 is 0 Å². The molecule has 3 atom stereocenters. The van der Waals surface area contributed by atoms with Crippen molar-refractivity contribution in [1.82, 2.24) is 10.6 Å². The molecule has 2 unspecified atom stereocenters. The molecule has 0 saturated carbocycles. The second-order valence-corrected chi connectivity index (χ2v) is 8.93. The summed E-state index contributed by atoms with van der Waals surface area (Å²) >= 11 is 0. The smallest absolute Gasteiger partial charge is 0.407 e. The minimum absolute atomic E-state index is 0.0708. The summed E-state index contributed by atoms with van der Waals surface area (Å²) in [6, 6.07) is 14.9. The van der Waals surface area contributed by atoms with Crippen LogP contribution in [-0.4, -0.2) is 41.8 Å². The Labute approximate surface area is 200 Å². The van der Waals surface area contributed by atoms with Gasteiger partial charge in [0.1, 0.15) is 12.6 Å². The van der Waals surface area contributed by atoms with Gasteiger partial charge in [-0.15, -0.1) is 0 Å². The van der Waals surface area contributed by atoms with Crippen LogP contribution in [0.1, 0.15) is 63.5 Å². The van der Waals surface area contributed by atoms with Gasteiger partial charge in [-0.3, -0.25) is 9.59 Å². The molecule has 2 amide bonds. The molecule has 7 nitrogen and oxygen atoms in total. The van der Waals surface area contributed by atoms with Gasteiger partial charge in [0, 0.05) is 12.0 Å². The van der Waals surface area contributed by atoms with Crippen LogP contribution < -0.4 is 10.6 Å². The number of carbonyl (C=O) groups is 3. The maximum Gasteiger partial charge on any atom is 0.407 e. The van der Waals surface area contributed by atoms with Crippen LogP contribution in [0.3, 0.4) is 0 Å². The number of nitrogens with one attached hydrogen (secondary N) is 2. The lowest BCUT2D eigenvalue weighted by molar-refractivity contribution is -0.137. The molecule has 0 aromatic heterocycles. The number of benzene rings is 2. The lowest BCUT2D eigenvalue weighted by Crippen LogP contribution is -2.53. The van der Waals surface area contributed by atoms with Crippen LogP contribution in [0.25, 0.3) is 11.1 Å². The number of aliphatic carboxylic acids is 1. The molecule has 0 heterocycles. The van der Waals surface area contributed by atoms with E-state index in [0.717, 1.165) is 28.7 Å². The van der Waals surface area contributed by atoms with Gasteiger partial charge >= 0.3 is 12.1 Å². The maximum atomic E-state index is 13.0. The van der Waals surface area contributed by atoms with E-state index in [1.165, 1.54) is 0 Å². The second kappa shape index (κ2) is 11.7. The molecule has 0 saturated heterocycles. The summed E-state index contributed by atoms with van der Waals surface area (Å²) in [4.78, 5) is 36.8. The van der Waals surface area contributed by atoms with Gasteiger partial charge in [0.15, 0.2) is 0 Å². The van der Waals surface area contributed by atoms with Gasteiger partial charge in [-0.25, -0.2) is 4.79 Å². The summed E-state index contributed by atoms with van der Waals surface area (Å²) in [5.41, 5.74) is 4.52. The van der Waals surface area contributed by atoms with E-state index in [2.05, 4.69) is 22.8 Å². The van der Waals surface area contributed by atoms with Crippen molar-refractivity contribution in [2.75, 3.05) is 6.61 Å². The molecule has 1 aliphatic carbocycles. The minimum atomic E-state index is -0.969. The highest BCUT2D eigenvalue weighted by Gasteiger charge is 2.31. The first-order valence-electron chi connectivity index (χ1n) is 12.0. The molecule has 7 heteroatoms. The first-order chi connectivity index (χ1) is 16.3. The highest BCUT2D eigenvalue weighted by atomic mass is 16.5. The van der Waals surface area contributed by atoms with Gasteiger partial charge in [-0.1, -0.05) is 82.1 Å². The van der Waals surface area contributed by atoms with Crippen molar-refractivity contribution in [1.29, 1.82) is 0 Å². The molecular formula is C27H34N2O5. The topological polar surface area (TPSA) is 105 Å². The Morgan fingerprint density at radius 2 is 1.56 bits per heavy atom. The second-order valence-electron chi connectivity index (χ2n) is 8.93. The number of alkyl carbamates (subject to hydrolysis) is 1. The number of hydrogen-bond acceptors (Lipinski definition) is 4. The van der Waals surface area contributed by atoms with Crippen LogP contribution in [0.4, 0.5) is 4.79 Å². The van der Waals surface area contributed by atoms with Crippen LogP contribution in [0.15, 0.2) is 48.5 Å². The quantitative estimate of drug-likeness (QED) is 0.445. The lowest BCUT2D eigenvalue weighted by Gasteiger charge is -2.26. The first kappa shape index (κ1) is 25.3. The fourth-order valence-electron chi connectivity index (χ4n) is 4.54. The summed E-state index contributed by atoms with van der Waals surface area (Å²) in [6.07, 6.45) is 1.15. The summed E-state index contributed by atoms with van der Waals surface area (Å²) < 4.78 is 5.61. The summed E-state index contributed by atoms with van der Waals surface area (Å²) in [5, 5.41) is 14.7. The lowest BCUT2D eigenvalue weighted by atomic mass is 9.97. The third-order valence-electron chi connectivity index (χ3n) is 6.52. The minimum Gasteiger partial charge on any atom is -0.481 e. The third kappa shape index (κ3) is 5.95. The summed E-state index contributed by atoms with van der Waals surface area (Å²) in [6.45, 7) is 5.90. The number of ether oxygens (including phenoxy) is 1. The monoisotopic (exact) mass is 466 g/mol. The highest BCUT2D eigenvalue weighted by Crippen LogP contribution is 2.44. The standard InChI is InChI=1S/C27H34N2O5/c1-4-10-18(15-24(30)31)28-26(32)25(17(3)5-2)29-27(33)34-16-23-21-13-8-6-11-19(21)20-12-7-9-14-22(20)23/h6-9,11-14,17-18,23,25H,4-5,10,15-16H2,1-3H3,(H,28,32)(H,29,33)(H,30,31)/t17?,18-,25?/m0/s1. The van der Waals surface area contributed by atoms with Crippen molar-refractivity contribution < 1.29 is 24.2 Å². The molecule has 0 aliphatic heterocycles. The van der Waals surface area contributed by atoms with E-state index in [1.807, 2.05) is 57.2 Å². The number of carbonyl (C=O) groups excluding carboxylic acids is 2. The predicted molar refractivity (Wildman–Crippen MR) is 131 cm³/mol. The molecule has 0 spiro atoms. The van der Waals surface area contributed by atoms with E-state index in [1.54, 1.807) is 0 Å². The van der Waals surface area contributed by atoms with Crippen molar-refractivity contribution in [3.8, 4) is 11.1 Å². The Morgan fingerprint density at radius 1 is 0.971 bits per heavy atom. The van der Waals surface area contributed by atoms with Gasteiger partial charge in [0.05, 0.1) is 6.42 Å². The number of carboxylic acid groups (broad SMARTS) is 1.